The van der Waals surface area contributed by atoms with Crippen LogP contribution < -0.4 is 11.1 Å². The van der Waals surface area contributed by atoms with Crippen LogP contribution in [0, 0.1) is 0 Å². The minimum atomic E-state index is -1.04. The van der Waals surface area contributed by atoms with Gasteiger partial charge in [0.2, 0.25) is 0 Å². The van der Waals surface area contributed by atoms with Crippen LogP contribution in [0.15, 0.2) is 27.4 Å². The second-order valence-electron chi connectivity index (χ2n) is 4.23. The summed E-state index contributed by atoms with van der Waals surface area (Å²) in [6.07, 6.45) is -1.22. The van der Waals surface area contributed by atoms with Crippen molar-refractivity contribution in [3.8, 4) is 0 Å². The highest BCUT2D eigenvalue weighted by Crippen LogP contribution is 2.12. The van der Waals surface area contributed by atoms with E-state index in [4.69, 9.17) is 9.52 Å². The van der Waals surface area contributed by atoms with Gasteiger partial charge in [-0.05, 0) is 17.7 Å². The van der Waals surface area contributed by atoms with E-state index in [-0.39, 0.29) is 13.0 Å². The van der Waals surface area contributed by atoms with E-state index in [9.17, 15) is 14.7 Å². The van der Waals surface area contributed by atoms with Crippen molar-refractivity contribution in [2.45, 2.75) is 19.1 Å². The van der Waals surface area contributed by atoms with E-state index in [0.717, 1.165) is 5.56 Å². The first kappa shape index (κ1) is 13.3. The quantitative estimate of drug-likeness (QED) is 0.587. The molecule has 0 spiro atoms. The number of aliphatic hydroxyl groups is 1. The summed E-state index contributed by atoms with van der Waals surface area (Å²) < 4.78 is 4.92. The number of fused-ring (bicyclic) bond motifs is 1. The van der Waals surface area contributed by atoms with Gasteiger partial charge in [-0.1, -0.05) is 6.07 Å². The Morgan fingerprint density at radius 1 is 1.47 bits per heavy atom. The molecule has 0 aliphatic carbocycles. The molecule has 0 saturated carbocycles. The Balaban J connectivity index is 1.91. The van der Waals surface area contributed by atoms with Gasteiger partial charge in [-0.3, -0.25) is 9.78 Å². The lowest BCUT2D eigenvalue weighted by Gasteiger charge is -2.09. The van der Waals surface area contributed by atoms with Gasteiger partial charge < -0.3 is 19.9 Å². The van der Waals surface area contributed by atoms with Crippen molar-refractivity contribution in [2.75, 3.05) is 6.54 Å². The zero-order valence-corrected chi connectivity index (χ0v) is 10.0. The number of nitrogens with one attached hydrogen (secondary N) is 2. The van der Waals surface area contributed by atoms with Crippen LogP contribution in [0.1, 0.15) is 12.0 Å². The molecule has 1 unspecified atom stereocenters. The number of H-pyrrole nitrogens is 1. The molecule has 19 heavy (non-hydrogen) atoms. The zero-order chi connectivity index (χ0) is 13.8. The summed E-state index contributed by atoms with van der Waals surface area (Å²) in [6.45, 7) is 0.628. The van der Waals surface area contributed by atoms with Crippen LogP contribution in [-0.2, 0) is 11.3 Å². The van der Waals surface area contributed by atoms with E-state index in [1.807, 2.05) is 6.07 Å². The summed E-state index contributed by atoms with van der Waals surface area (Å²) in [7, 11) is 0. The lowest BCUT2D eigenvalue weighted by atomic mass is 10.2. The lowest BCUT2D eigenvalue weighted by Crippen LogP contribution is -2.28. The van der Waals surface area contributed by atoms with Gasteiger partial charge in [0.15, 0.2) is 5.58 Å². The second kappa shape index (κ2) is 5.68. The van der Waals surface area contributed by atoms with E-state index in [1.165, 1.54) is 0 Å². The number of oxazole rings is 1. The molecule has 1 heterocycles. The highest BCUT2D eigenvalue weighted by atomic mass is 16.4. The fourth-order valence-electron chi connectivity index (χ4n) is 1.76. The summed E-state index contributed by atoms with van der Waals surface area (Å²) in [5.41, 5.74) is 1.97. The molecule has 2 rings (SSSR count). The van der Waals surface area contributed by atoms with Gasteiger partial charge >= 0.3 is 11.7 Å². The number of benzene rings is 1. The fraction of sp³-hybridized carbons (Fsp3) is 0.333. The Labute approximate surface area is 107 Å². The molecular formula is C12H14N2O5. The number of hydrogen-bond donors (Lipinski definition) is 4. The summed E-state index contributed by atoms with van der Waals surface area (Å²) in [5, 5.41) is 20.8. The largest absolute Gasteiger partial charge is 0.481 e. The normalized spacial score (nSPS) is 12.7. The third-order valence-electron chi connectivity index (χ3n) is 2.60. The summed E-state index contributed by atoms with van der Waals surface area (Å²) in [5.74, 6) is -1.54. The third kappa shape index (κ3) is 3.67. The minimum absolute atomic E-state index is 0.182. The van der Waals surface area contributed by atoms with Crippen LogP contribution in [-0.4, -0.2) is 33.8 Å². The van der Waals surface area contributed by atoms with Gasteiger partial charge in [0, 0.05) is 13.1 Å². The number of hydrogen-bond acceptors (Lipinski definition) is 5. The lowest BCUT2D eigenvalue weighted by molar-refractivity contribution is -0.139. The van der Waals surface area contributed by atoms with E-state index < -0.39 is 17.8 Å². The first-order valence-electron chi connectivity index (χ1n) is 5.77. The van der Waals surface area contributed by atoms with Crippen molar-refractivity contribution in [1.29, 1.82) is 0 Å². The van der Waals surface area contributed by atoms with Crippen LogP contribution in [0.2, 0.25) is 0 Å². The SMILES string of the molecule is O=C(O)CC(O)CNCc1ccc2[nH]c(=O)oc2c1. The van der Waals surface area contributed by atoms with Gasteiger partial charge in [-0.15, -0.1) is 0 Å². The Hall–Kier alpha value is -2.12. The minimum Gasteiger partial charge on any atom is -0.481 e. The Kier molecular flexibility index (Phi) is 3.98. The highest BCUT2D eigenvalue weighted by Gasteiger charge is 2.09. The Bertz CT molecular complexity index is 630. The zero-order valence-electron chi connectivity index (χ0n) is 10.0. The number of carboxylic acids is 1. The van der Waals surface area contributed by atoms with Gasteiger partial charge in [-0.2, -0.15) is 0 Å². The van der Waals surface area contributed by atoms with Crippen molar-refractivity contribution < 1.29 is 19.4 Å². The molecule has 7 heteroatoms. The van der Waals surface area contributed by atoms with Gasteiger partial charge in [-0.25, -0.2) is 4.79 Å². The number of aliphatic hydroxyl groups excluding tert-OH is 1. The molecule has 4 N–H and O–H groups in total. The van der Waals surface area contributed by atoms with Crippen LogP contribution in [0.4, 0.5) is 0 Å². The molecule has 7 nitrogen and oxygen atoms in total. The number of rotatable bonds is 6. The van der Waals surface area contributed by atoms with Crippen molar-refractivity contribution >= 4 is 17.1 Å². The predicted octanol–water partition coefficient (Wildman–Crippen LogP) is 0.0463. The van der Waals surface area contributed by atoms with Gasteiger partial charge in [0.1, 0.15) is 0 Å². The molecule has 102 valence electrons. The molecule has 1 aromatic heterocycles. The van der Waals surface area contributed by atoms with Gasteiger partial charge in [0.25, 0.3) is 0 Å². The van der Waals surface area contributed by atoms with Crippen LogP contribution in [0.5, 0.6) is 0 Å². The maximum absolute atomic E-state index is 11.0. The first-order chi connectivity index (χ1) is 9.04. The summed E-state index contributed by atoms with van der Waals surface area (Å²) >= 11 is 0. The van der Waals surface area contributed by atoms with Crippen LogP contribution >= 0.6 is 0 Å². The van der Waals surface area contributed by atoms with E-state index in [2.05, 4.69) is 10.3 Å². The Morgan fingerprint density at radius 3 is 3.00 bits per heavy atom. The van der Waals surface area contributed by atoms with E-state index >= 15 is 0 Å². The summed E-state index contributed by atoms with van der Waals surface area (Å²) in [4.78, 5) is 23.9. The number of carbonyl (C=O) groups is 1. The van der Waals surface area contributed by atoms with Crippen LogP contribution in [0.25, 0.3) is 11.1 Å². The molecule has 0 aliphatic heterocycles. The predicted molar refractivity (Wildman–Crippen MR) is 66.8 cm³/mol. The highest BCUT2D eigenvalue weighted by molar-refractivity contribution is 5.72. The number of aromatic nitrogens is 1. The number of aromatic amines is 1. The molecule has 2 aromatic rings. The molecule has 0 amide bonds. The molecule has 0 bridgehead atoms. The Morgan fingerprint density at radius 2 is 2.26 bits per heavy atom. The molecular weight excluding hydrogens is 252 g/mol. The van der Waals surface area contributed by atoms with E-state index in [1.54, 1.807) is 12.1 Å². The molecule has 1 atom stereocenters. The number of carboxylic acid groups (broad SMARTS) is 1. The maximum Gasteiger partial charge on any atom is 0.417 e. The smallest absolute Gasteiger partial charge is 0.417 e. The molecule has 0 aliphatic rings. The van der Waals surface area contributed by atoms with Crippen molar-refractivity contribution in [3.63, 3.8) is 0 Å². The third-order valence-corrected chi connectivity index (χ3v) is 2.60. The fourth-order valence-corrected chi connectivity index (χ4v) is 1.76. The maximum atomic E-state index is 11.0. The molecule has 0 saturated heterocycles. The van der Waals surface area contributed by atoms with Crippen molar-refractivity contribution in [3.05, 3.63) is 34.3 Å². The molecule has 0 fully saturated rings. The number of aliphatic carboxylic acids is 1. The summed E-state index contributed by atoms with van der Waals surface area (Å²) in [6, 6.07) is 5.25. The average Bonchev–Trinajstić information content (AvgIpc) is 2.67. The van der Waals surface area contributed by atoms with Gasteiger partial charge in [0.05, 0.1) is 18.0 Å². The van der Waals surface area contributed by atoms with Crippen LogP contribution in [0.3, 0.4) is 0 Å². The van der Waals surface area contributed by atoms with Crippen molar-refractivity contribution in [1.82, 2.24) is 10.3 Å². The molecule has 1 aromatic carbocycles. The average molecular weight is 266 g/mol. The van der Waals surface area contributed by atoms with E-state index in [0.29, 0.717) is 17.6 Å². The monoisotopic (exact) mass is 266 g/mol. The molecule has 0 radical (unpaired) electrons. The van der Waals surface area contributed by atoms with Crippen molar-refractivity contribution in [2.24, 2.45) is 0 Å². The first-order valence-corrected chi connectivity index (χ1v) is 5.77. The standard InChI is InChI=1S/C12H14N2O5/c15-8(4-11(16)17)6-13-5-7-1-2-9-10(3-7)19-12(18)14-9/h1-3,8,13,15H,4-6H2,(H,14,18)(H,16,17). The topological polar surface area (TPSA) is 116 Å². The second-order valence-corrected chi connectivity index (χ2v) is 4.23.